The molecule has 1 aromatic rings. The molecule has 1 aromatic carbocycles. The molecule has 4 nitrogen and oxygen atoms in total. The molecule has 0 saturated heterocycles. The predicted molar refractivity (Wildman–Crippen MR) is 78.5 cm³/mol. The molecule has 3 atom stereocenters. The zero-order chi connectivity index (χ0) is 15.4. The van der Waals surface area contributed by atoms with Crippen molar-refractivity contribution in [2.45, 2.75) is 51.6 Å². The van der Waals surface area contributed by atoms with Gasteiger partial charge in [-0.25, -0.2) is 4.39 Å². The fourth-order valence-corrected chi connectivity index (χ4v) is 3.41. The third-order valence-corrected chi connectivity index (χ3v) is 4.47. The predicted octanol–water partition coefficient (Wildman–Crippen LogP) is 3.85. The van der Waals surface area contributed by atoms with Gasteiger partial charge in [-0.1, -0.05) is 19.8 Å². The van der Waals surface area contributed by atoms with E-state index in [0.29, 0.717) is 17.9 Å². The molecule has 1 saturated carbocycles. The van der Waals surface area contributed by atoms with Crippen LogP contribution in [0.4, 0.5) is 10.1 Å². The maximum Gasteiger partial charge on any atom is 0.272 e. The third-order valence-electron chi connectivity index (χ3n) is 4.47. The molecule has 1 aliphatic rings. The summed E-state index contributed by atoms with van der Waals surface area (Å²) in [6.07, 6.45) is 4.76. The lowest BCUT2D eigenvalue weighted by atomic mass is 9.75. The van der Waals surface area contributed by atoms with Crippen LogP contribution in [0.3, 0.4) is 0 Å². The summed E-state index contributed by atoms with van der Waals surface area (Å²) in [6.45, 7) is 2.14. The second-order valence-corrected chi connectivity index (χ2v) is 6.03. The van der Waals surface area contributed by atoms with Gasteiger partial charge in [0.25, 0.3) is 5.69 Å². The standard InChI is InChI=1S/C16H22FNO3/c1-2-3-11-4-7-16(19)13(8-11)9-12-10-14(17)5-6-15(12)18(20)21/h5-6,10-11,13,16,19H,2-4,7-9H2,1H3. The van der Waals surface area contributed by atoms with Crippen molar-refractivity contribution in [1.82, 2.24) is 0 Å². The van der Waals surface area contributed by atoms with E-state index < -0.39 is 16.8 Å². The number of hydrogen-bond acceptors (Lipinski definition) is 3. The number of rotatable bonds is 5. The van der Waals surface area contributed by atoms with E-state index >= 15 is 0 Å². The van der Waals surface area contributed by atoms with E-state index in [0.717, 1.165) is 38.2 Å². The first-order valence-corrected chi connectivity index (χ1v) is 7.62. The summed E-state index contributed by atoms with van der Waals surface area (Å²) in [5.41, 5.74) is 0.336. The fourth-order valence-electron chi connectivity index (χ4n) is 3.41. The van der Waals surface area contributed by atoms with E-state index in [1.165, 1.54) is 12.1 Å². The van der Waals surface area contributed by atoms with E-state index in [2.05, 4.69) is 6.92 Å². The number of aliphatic hydroxyl groups is 1. The molecule has 5 heteroatoms. The maximum atomic E-state index is 13.4. The highest BCUT2D eigenvalue weighted by Crippen LogP contribution is 2.35. The molecule has 3 unspecified atom stereocenters. The molecule has 1 N–H and O–H groups in total. The lowest BCUT2D eigenvalue weighted by Gasteiger charge is -2.33. The van der Waals surface area contributed by atoms with Gasteiger partial charge in [0, 0.05) is 11.6 Å². The van der Waals surface area contributed by atoms with Crippen molar-refractivity contribution in [3.8, 4) is 0 Å². The summed E-state index contributed by atoms with van der Waals surface area (Å²) in [5, 5.41) is 21.2. The Morgan fingerprint density at radius 1 is 1.43 bits per heavy atom. The topological polar surface area (TPSA) is 63.4 Å². The molecule has 0 heterocycles. The Labute approximate surface area is 124 Å². The lowest BCUT2D eigenvalue weighted by Crippen LogP contribution is -2.30. The molecule has 2 rings (SSSR count). The largest absolute Gasteiger partial charge is 0.393 e. The summed E-state index contributed by atoms with van der Waals surface area (Å²) < 4.78 is 13.4. The number of nitro benzene ring substituents is 1. The Morgan fingerprint density at radius 2 is 2.19 bits per heavy atom. The molecule has 0 aromatic heterocycles. The summed E-state index contributed by atoms with van der Waals surface area (Å²) in [5.74, 6) is 0.0813. The molecule has 0 amide bonds. The Bertz CT molecular complexity index is 506. The molecular formula is C16H22FNO3. The van der Waals surface area contributed by atoms with Gasteiger partial charge in [-0.3, -0.25) is 10.1 Å². The molecule has 1 fully saturated rings. The number of halogens is 1. The second-order valence-electron chi connectivity index (χ2n) is 6.03. The van der Waals surface area contributed by atoms with E-state index in [4.69, 9.17) is 0 Å². The molecule has 0 aliphatic heterocycles. The van der Waals surface area contributed by atoms with Gasteiger partial charge < -0.3 is 5.11 Å². The smallest absolute Gasteiger partial charge is 0.272 e. The first-order chi connectivity index (χ1) is 10.0. The van der Waals surface area contributed by atoms with Crippen molar-refractivity contribution in [3.63, 3.8) is 0 Å². The number of nitrogens with zero attached hydrogens (tertiary/aromatic N) is 1. The zero-order valence-corrected chi connectivity index (χ0v) is 12.3. The highest BCUT2D eigenvalue weighted by molar-refractivity contribution is 5.40. The summed E-state index contributed by atoms with van der Waals surface area (Å²) in [4.78, 5) is 10.6. The van der Waals surface area contributed by atoms with Gasteiger partial charge in [0.2, 0.25) is 0 Å². The van der Waals surface area contributed by atoms with Gasteiger partial charge >= 0.3 is 0 Å². The van der Waals surface area contributed by atoms with Crippen LogP contribution in [0.5, 0.6) is 0 Å². The van der Waals surface area contributed by atoms with E-state index in [1.807, 2.05) is 0 Å². The monoisotopic (exact) mass is 295 g/mol. The van der Waals surface area contributed by atoms with Gasteiger partial charge in [0.1, 0.15) is 5.82 Å². The molecule has 0 bridgehead atoms. The van der Waals surface area contributed by atoms with Crippen molar-refractivity contribution < 1.29 is 14.4 Å². The normalized spacial score (nSPS) is 25.8. The number of aliphatic hydroxyl groups excluding tert-OH is 1. The highest BCUT2D eigenvalue weighted by atomic mass is 19.1. The molecule has 116 valence electrons. The SMILES string of the molecule is CCCC1CCC(O)C(Cc2cc(F)ccc2[N+](=O)[O-])C1. The molecule has 21 heavy (non-hydrogen) atoms. The van der Waals surface area contributed by atoms with Crippen LogP contribution in [0.25, 0.3) is 0 Å². The number of nitro groups is 1. The molecule has 0 spiro atoms. The van der Waals surface area contributed by atoms with Gasteiger partial charge in [-0.05, 0) is 49.7 Å². The zero-order valence-electron chi connectivity index (χ0n) is 12.3. The van der Waals surface area contributed by atoms with Crippen LogP contribution < -0.4 is 0 Å². The van der Waals surface area contributed by atoms with Crippen molar-refractivity contribution >= 4 is 5.69 Å². The van der Waals surface area contributed by atoms with Gasteiger partial charge in [0.15, 0.2) is 0 Å². The van der Waals surface area contributed by atoms with Crippen LogP contribution in [0.1, 0.15) is 44.6 Å². The van der Waals surface area contributed by atoms with E-state index in [9.17, 15) is 19.6 Å². The van der Waals surface area contributed by atoms with Crippen molar-refractivity contribution in [2.75, 3.05) is 0 Å². The van der Waals surface area contributed by atoms with Crippen LogP contribution >= 0.6 is 0 Å². The second kappa shape index (κ2) is 6.98. The first kappa shape index (κ1) is 15.9. The van der Waals surface area contributed by atoms with Gasteiger partial charge in [-0.2, -0.15) is 0 Å². The number of hydrogen-bond donors (Lipinski definition) is 1. The van der Waals surface area contributed by atoms with Crippen LogP contribution in [0.2, 0.25) is 0 Å². The third kappa shape index (κ3) is 4.00. The fraction of sp³-hybridized carbons (Fsp3) is 0.625. The quantitative estimate of drug-likeness (QED) is 0.663. The summed E-state index contributed by atoms with van der Waals surface area (Å²) in [6, 6.07) is 3.55. The first-order valence-electron chi connectivity index (χ1n) is 7.62. The maximum absolute atomic E-state index is 13.4. The average molecular weight is 295 g/mol. The van der Waals surface area contributed by atoms with Crippen LogP contribution in [-0.4, -0.2) is 16.1 Å². The minimum atomic E-state index is -0.479. The molecule has 0 radical (unpaired) electrons. The number of benzene rings is 1. The minimum Gasteiger partial charge on any atom is -0.393 e. The molecular weight excluding hydrogens is 273 g/mol. The Balaban J connectivity index is 2.15. The van der Waals surface area contributed by atoms with Crippen LogP contribution in [-0.2, 0) is 6.42 Å². The summed E-state index contributed by atoms with van der Waals surface area (Å²) in [7, 11) is 0. The van der Waals surface area contributed by atoms with Gasteiger partial charge in [0.05, 0.1) is 11.0 Å². The van der Waals surface area contributed by atoms with Crippen molar-refractivity contribution in [1.29, 1.82) is 0 Å². The van der Waals surface area contributed by atoms with Crippen LogP contribution in [0.15, 0.2) is 18.2 Å². The van der Waals surface area contributed by atoms with Crippen molar-refractivity contribution in [3.05, 3.63) is 39.7 Å². The summed E-state index contributed by atoms with van der Waals surface area (Å²) >= 11 is 0. The minimum absolute atomic E-state index is 0.0178. The Kier molecular flexibility index (Phi) is 5.28. The van der Waals surface area contributed by atoms with E-state index in [-0.39, 0.29) is 11.6 Å². The average Bonchev–Trinajstić information content (AvgIpc) is 2.42. The molecule has 1 aliphatic carbocycles. The highest BCUT2D eigenvalue weighted by Gasteiger charge is 2.30. The van der Waals surface area contributed by atoms with Crippen molar-refractivity contribution in [2.24, 2.45) is 11.8 Å². The van der Waals surface area contributed by atoms with E-state index in [1.54, 1.807) is 0 Å². The Morgan fingerprint density at radius 3 is 2.86 bits per heavy atom. The van der Waals surface area contributed by atoms with Gasteiger partial charge in [-0.15, -0.1) is 0 Å². The Hall–Kier alpha value is -1.49. The van der Waals surface area contributed by atoms with Crippen LogP contribution in [0, 0.1) is 27.8 Å². The lowest BCUT2D eigenvalue weighted by molar-refractivity contribution is -0.385.